The predicted octanol–water partition coefficient (Wildman–Crippen LogP) is 5.53. The van der Waals surface area contributed by atoms with E-state index in [9.17, 15) is 0 Å². The molecule has 2 nitrogen and oxygen atoms in total. The maximum Gasteiger partial charge on any atom is 0.228 e. The van der Waals surface area contributed by atoms with Crippen LogP contribution in [0.4, 0.5) is 0 Å². The van der Waals surface area contributed by atoms with E-state index >= 15 is 0 Å². The molecule has 1 heterocycles. The third kappa shape index (κ3) is 2.28. The minimum absolute atomic E-state index is 0.557. The fourth-order valence-electron chi connectivity index (χ4n) is 2.15. The van der Waals surface area contributed by atoms with Crippen LogP contribution in [0.2, 0.25) is 5.02 Å². The van der Waals surface area contributed by atoms with Crippen molar-refractivity contribution in [3.63, 3.8) is 0 Å². The minimum Gasteiger partial charge on any atom is -0.436 e. The highest BCUT2D eigenvalue weighted by atomic mass is 79.9. The van der Waals surface area contributed by atoms with Crippen LogP contribution < -0.4 is 0 Å². The lowest BCUT2D eigenvalue weighted by Crippen LogP contribution is -1.79. The second-order valence-electron chi connectivity index (χ2n) is 4.57. The number of fused-ring (bicyclic) bond motifs is 1. The molecule has 1 aromatic heterocycles. The number of oxazole rings is 1. The number of rotatable bonds is 1. The van der Waals surface area contributed by atoms with Crippen LogP contribution in [0.25, 0.3) is 22.6 Å². The number of aromatic nitrogens is 1. The lowest BCUT2D eigenvalue weighted by atomic mass is 10.1. The van der Waals surface area contributed by atoms with Crippen molar-refractivity contribution < 1.29 is 4.42 Å². The summed E-state index contributed by atoms with van der Waals surface area (Å²) >= 11 is 9.62. The van der Waals surface area contributed by atoms with Crippen molar-refractivity contribution in [2.75, 3.05) is 0 Å². The van der Waals surface area contributed by atoms with E-state index in [-0.39, 0.29) is 0 Å². The summed E-state index contributed by atoms with van der Waals surface area (Å²) < 4.78 is 6.78. The van der Waals surface area contributed by atoms with Gasteiger partial charge in [0.2, 0.25) is 5.89 Å². The number of nitrogens with zero attached hydrogens (tertiary/aromatic N) is 1. The minimum atomic E-state index is 0.557. The van der Waals surface area contributed by atoms with Crippen molar-refractivity contribution in [2.24, 2.45) is 0 Å². The Kier molecular flexibility index (Phi) is 3.11. The molecule has 2 aromatic carbocycles. The van der Waals surface area contributed by atoms with E-state index < -0.39 is 0 Å². The molecule has 0 aliphatic carbocycles. The van der Waals surface area contributed by atoms with Gasteiger partial charge in [0.25, 0.3) is 0 Å². The van der Waals surface area contributed by atoms with Crippen LogP contribution >= 0.6 is 27.5 Å². The van der Waals surface area contributed by atoms with Crippen LogP contribution in [0.3, 0.4) is 0 Å². The monoisotopic (exact) mass is 335 g/mol. The van der Waals surface area contributed by atoms with Gasteiger partial charge in [-0.05, 0) is 49.2 Å². The molecule has 0 atom stereocenters. The molecule has 0 N–H and O–H groups in total. The summed E-state index contributed by atoms with van der Waals surface area (Å²) in [6, 6.07) is 9.76. The molecular formula is C15H11BrClNO. The van der Waals surface area contributed by atoms with E-state index in [1.54, 1.807) is 0 Å². The van der Waals surface area contributed by atoms with Crippen molar-refractivity contribution >= 4 is 38.6 Å². The van der Waals surface area contributed by atoms with Crippen molar-refractivity contribution in [3.05, 3.63) is 51.0 Å². The molecule has 0 saturated heterocycles. The maximum absolute atomic E-state index is 6.23. The molecule has 3 aromatic rings. The SMILES string of the molecule is Cc1cc(C)c2oc(-c3ccc(Br)cc3Cl)nc2c1. The summed E-state index contributed by atoms with van der Waals surface area (Å²) in [7, 11) is 0. The quantitative estimate of drug-likeness (QED) is 0.584. The van der Waals surface area contributed by atoms with Crippen LogP contribution in [-0.2, 0) is 0 Å². The zero-order valence-electron chi connectivity index (χ0n) is 10.5. The fraction of sp³-hybridized carbons (Fsp3) is 0.133. The molecule has 0 amide bonds. The molecule has 0 spiro atoms. The molecule has 0 bridgehead atoms. The molecule has 0 saturated carbocycles. The van der Waals surface area contributed by atoms with Gasteiger partial charge < -0.3 is 4.42 Å². The van der Waals surface area contributed by atoms with Gasteiger partial charge in [0.1, 0.15) is 5.52 Å². The van der Waals surface area contributed by atoms with Gasteiger partial charge >= 0.3 is 0 Å². The second kappa shape index (κ2) is 4.66. The number of hydrogen-bond donors (Lipinski definition) is 0. The average molecular weight is 337 g/mol. The van der Waals surface area contributed by atoms with Crippen LogP contribution in [0.15, 0.2) is 39.2 Å². The molecule has 0 radical (unpaired) electrons. The number of hydrogen-bond acceptors (Lipinski definition) is 2. The van der Waals surface area contributed by atoms with Crippen molar-refractivity contribution in [2.45, 2.75) is 13.8 Å². The highest BCUT2D eigenvalue weighted by Gasteiger charge is 2.13. The van der Waals surface area contributed by atoms with Gasteiger partial charge in [-0.3, -0.25) is 0 Å². The standard InChI is InChI=1S/C15H11BrClNO/c1-8-5-9(2)14-13(6-8)18-15(19-14)11-4-3-10(16)7-12(11)17/h3-7H,1-2H3. The smallest absolute Gasteiger partial charge is 0.228 e. The van der Waals surface area contributed by atoms with Gasteiger partial charge in [-0.15, -0.1) is 0 Å². The van der Waals surface area contributed by atoms with Gasteiger partial charge in [0, 0.05) is 4.47 Å². The predicted molar refractivity (Wildman–Crippen MR) is 81.6 cm³/mol. The largest absolute Gasteiger partial charge is 0.436 e. The number of aryl methyl sites for hydroxylation is 2. The first-order valence-electron chi connectivity index (χ1n) is 5.88. The Morgan fingerprint density at radius 1 is 1.16 bits per heavy atom. The van der Waals surface area contributed by atoms with Crippen molar-refractivity contribution in [1.82, 2.24) is 4.98 Å². The Hall–Kier alpha value is -1.32. The summed E-state index contributed by atoms with van der Waals surface area (Å²) in [6.07, 6.45) is 0. The molecule has 0 fully saturated rings. The van der Waals surface area contributed by atoms with E-state index in [0.29, 0.717) is 10.9 Å². The van der Waals surface area contributed by atoms with Crippen LogP contribution in [0.1, 0.15) is 11.1 Å². The first kappa shape index (κ1) is 12.7. The molecule has 3 rings (SSSR count). The molecule has 96 valence electrons. The van der Waals surface area contributed by atoms with Gasteiger partial charge in [0.05, 0.1) is 10.6 Å². The van der Waals surface area contributed by atoms with Gasteiger partial charge in [-0.25, -0.2) is 4.98 Å². The Balaban J connectivity index is 2.23. The molecule has 19 heavy (non-hydrogen) atoms. The molecule has 0 aliphatic heterocycles. The Bertz CT molecular complexity index is 779. The average Bonchev–Trinajstić information content (AvgIpc) is 2.72. The third-order valence-corrected chi connectivity index (χ3v) is 3.79. The summed E-state index contributed by atoms with van der Waals surface area (Å²) in [5.41, 5.74) is 4.75. The summed E-state index contributed by atoms with van der Waals surface area (Å²) in [6.45, 7) is 4.07. The first-order valence-corrected chi connectivity index (χ1v) is 7.05. The van der Waals surface area contributed by atoms with E-state index in [0.717, 1.165) is 26.7 Å². The van der Waals surface area contributed by atoms with E-state index in [1.807, 2.05) is 38.1 Å². The maximum atomic E-state index is 6.23. The fourth-order valence-corrected chi connectivity index (χ4v) is 2.91. The summed E-state index contributed by atoms with van der Waals surface area (Å²) in [5.74, 6) is 0.557. The summed E-state index contributed by atoms with van der Waals surface area (Å²) in [4.78, 5) is 4.53. The second-order valence-corrected chi connectivity index (χ2v) is 5.90. The molecular weight excluding hydrogens is 326 g/mol. The zero-order valence-corrected chi connectivity index (χ0v) is 12.8. The third-order valence-electron chi connectivity index (χ3n) is 2.98. The molecule has 0 aliphatic rings. The highest BCUT2D eigenvalue weighted by Crippen LogP contribution is 2.33. The van der Waals surface area contributed by atoms with Crippen molar-refractivity contribution in [3.8, 4) is 11.5 Å². The number of benzene rings is 2. The van der Waals surface area contributed by atoms with E-state index in [2.05, 4.69) is 27.0 Å². The van der Waals surface area contributed by atoms with E-state index in [1.165, 1.54) is 5.56 Å². The topological polar surface area (TPSA) is 26.0 Å². The van der Waals surface area contributed by atoms with Gasteiger partial charge in [-0.1, -0.05) is 33.6 Å². The van der Waals surface area contributed by atoms with Crippen LogP contribution in [-0.4, -0.2) is 4.98 Å². The Morgan fingerprint density at radius 2 is 1.95 bits per heavy atom. The molecule has 4 heteroatoms. The Morgan fingerprint density at radius 3 is 2.68 bits per heavy atom. The first-order chi connectivity index (χ1) is 9.04. The summed E-state index contributed by atoms with van der Waals surface area (Å²) in [5, 5.41) is 0.621. The highest BCUT2D eigenvalue weighted by molar-refractivity contribution is 9.10. The van der Waals surface area contributed by atoms with Gasteiger partial charge in [-0.2, -0.15) is 0 Å². The van der Waals surface area contributed by atoms with Crippen LogP contribution in [0, 0.1) is 13.8 Å². The molecule has 0 unspecified atom stereocenters. The van der Waals surface area contributed by atoms with Gasteiger partial charge in [0.15, 0.2) is 5.58 Å². The lowest BCUT2D eigenvalue weighted by Gasteiger charge is -1.99. The Labute approximate surface area is 124 Å². The lowest BCUT2D eigenvalue weighted by molar-refractivity contribution is 0.617. The zero-order chi connectivity index (χ0) is 13.6. The van der Waals surface area contributed by atoms with Crippen LogP contribution in [0.5, 0.6) is 0 Å². The van der Waals surface area contributed by atoms with Crippen molar-refractivity contribution in [1.29, 1.82) is 0 Å². The normalized spacial score (nSPS) is 11.2. The number of halogens is 2. The van der Waals surface area contributed by atoms with E-state index in [4.69, 9.17) is 16.0 Å².